The standard InChI is InChI=1S/C25H35N3O2/c1-5-20-6-8-21(9-7-20)24(18(2)3)26-19(4)25(29)27-22-10-12-23(13-11-22)28-14-16-30-17-15-28/h6-13,18-19,24,26H,5,14-17H2,1-4H3,(H,27,29)/p+1/t19-,24-/m1/s1. The van der Waals surface area contributed by atoms with Crippen LogP contribution in [-0.4, -0.2) is 38.3 Å². The molecule has 1 aliphatic heterocycles. The highest BCUT2D eigenvalue weighted by Gasteiger charge is 2.26. The molecule has 0 aliphatic carbocycles. The lowest BCUT2D eigenvalue weighted by Crippen LogP contribution is -2.93. The van der Waals surface area contributed by atoms with Gasteiger partial charge in [-0.1, -0.05) is 45.0 Å². The third kappa shape index (κ3) is 5.83. The summed E-state index contributed by atoms with van der Waals surface area (Å²) in [4.78, 5) is 15.1. The molecule has 1 heterocycles. The van der Waals surface area contributed by atoms with Crippen LogP contribution in [0.2, 0.25) is 0 Å². The fraction of sp³-hybridized carbons (Fsp3) is 0.480. The molecule has 0 spiro atoms. The van der Waals surface area contributed by atoms with E-state index in [1.165, 1.54) is 16.8 Å². The summed E-state index contributed by atoms with van der Waals surface area (Å²) in [6, 6.07) is 17.0. The van der Waals surface area contributed by atoms with Crippen LogP contribution in [0.15, 0.2) is 48.5 Å². The van der Waals surface area contributed by atoms with Gasteiger partial charge in [-0.05, 0) is 43.2 Å². The number of quaternary nitrogens is 1. The number of nitrogens with one attached hydrogen (secondary N) is 1. The van der Waals surface area contributed by atoms with E-state index in [1.807, 2.05) is 19.1 Å². The van der Waals surface area contributed by atoms with Crippen molar-refractivity contribution >= 4 is 17.3 Å². The summed E-state index contributed by atoms with van der Waals surface area (Å²) < 4.78 is 5.41. The number of carbonyl (C=O) groups excluding carboxylic acids is 1. The molecular formula is C25H36N3O2+. The van der Waals surface area contributed by atoms with Crippen LogP contribution in [0.1, 0.15) is 44.9 Å². The molecule has 2 aromatic carbocycles. The zero-order chi connectivity index (χ0) is 21.5. The number of ether oxygens (including phenoxy) is 1. The number of rotatable bonds is 8. The van der Waals surface area contributed by atoms with Crippen LogP contribution in [0.4, 0.5) is 11.4 Å². The van der Waals surface area contributed by atoms with E-state index < -0.39 is 0 Å². The SMILES string of the molecule is CCc1ccc([C@H]([NH2+][C@H](C)C(=O)Nc2ccc(N3CCOCC3)cc2)C(C)C)cc1. The molecule has 1 amide bonds. The molecule has 0 saturated carbocycles. The van der Waals surface area contributed by atoms with Crippen LogP contribution in [0.3, 0.4) is 0 Å². The molecule has 0 aromatic heterocycles. The molecule has 30 heavy (non-hydrogen) atoms. The summed E-state index contributed by atoms with van der Waals surface area (Å²) in [7, 11) is 0. The van der Waals surface area contributed by atoms with Crippen molar-refractivity contribution < 1.29 is 14.8 Å². The zero-order valence-electron chi connectivity index (χ0n) is 18.7. The maximum atomic E-state index is 12.8. The van der Waals surface area contributed by atoms with Crippen molar-refractivity contribution in [2.75, 3.05) is 36.5 Å². The van der Waals surface area contributed by atoms with Crippen molar-refractivity contribution in [3.8, 4) is 0 Å². The summed E-state index contributed by atoms with van der Waals surface area (Å²) in [6.45, 7) is 11.9. The molecule has 0 bridgehead atoms. The molecule has 1 saturated heterocycles. The molecule has 5 heteroatoms. The molecule has 3 rings (SSSR count). The molecule has 162 valence electrons. The Bertz CT molecular complexity index is 796. The van der Waals surface area contributed by atoms with Gasteiger partial charge >= 0.3 is 0 Å². The molecule has 2 atom stereocenters. The number of aryl methyl sites for hydroxylation is 1. The highest BCUT2D eigenvalue weighted by Crippen LogP contribution is 2.20. The van der Waals surface area contributed by atoms with Crippen molar-refractivity contribution in [3.63, 3.8) is 0 Å². The first-order valence-corrected chi connectivity index (χ1v) is 11.2. The van der Waals surface area contributed by atoms with Crippen LogP contribution < -0.4 is 15.5 Å². The Morgan fingerprint density at radius 3 is 2.23 bits per heavy atom. The first-order chi connectivity index (χ1) is 14.5. The molecule has 1 aliphatic rings. The van der Waals surface area contributed by atoms with Crippen molar-refractivity contribution in [1.82, 2.24) is 0 Å². The fourth-order valence-electron chi connectivity index (χ4n) is 3.93. The van der Waals surface area contributed by atoms with E-state index in [4.69, 9.17) is 4.74 Å². The van der Waals surface area contributed by atoms with Gasteiger partial charge in [0.2, 0.25) is 0 Å². The average molecular weight is 411 g/mol. The van der Waals surface area contributed by atoms with Gasteiger partial charge < -0.3 is 20.3 Å². The van der Waals surface area contributed by atoms with Crippen molar-refractivity contribution in [2.24, 2.45) is 5.92 Å². The largest absolute Gasteiger partial charge is 0.378 e. The van der Waals surface area contributed by atoms with Gasteiger partial charge in [0.25, 0.3) is 5.91 Å². The monoisotopic (exact) mass is 410 g/mol. The van der Waals surface area contributed by atoms with Crippen LogP contribution in [0.25, 0.3) is 0 Å². The third-order valence-electron chi connectivity index (χ3n) is 5.91. The minimum Gasteiger partial charge on any atom is -0.378 e. The molecule has 0 unspecified atom stereocenters. The normalized spacial score (nSPS) is 16.4. The molecule has 5 nitrogen and oxygen atoms in total. The van der Waals surface area contributed by atoms with Crippen LogP contribution in [0, 0.1) is 5.92 Å². The summed E-state index contributed by atoms with van der Waals surface area (Å²) in [5, 5.41) is 5.26. The van der Waals surface area contributed by atoms with E-state index in [0.717, 1.165) is 38.4 Å². The first kappa shape index (κ1) is 22.3. The van der Waals surface area contributed by atoms with Gasteiger partial charge in [0.05, 0.1) is 13.2 Å². The molecule has 3 N–H and O–H groups in total. The Labute approximate surface area is 180 Å². The maximum absolute atomic E-state index is 12.8. The van der Waals surface area contributed by atoms with Crippen molar-refractivity contribution in [1.29, 1.82) is 0 Å². The van der Waals surface area contributed by atoms with Gasteiger partial charge in [-0.15, -0.1) is 0 Å². The number of nitrogens with zero attached hydrogens (tertiary/aromatic N) is 1. The van der Waals surface area contributed by atoms with Gasteiger partial charge in [-0.25, -0.2) is 0 Å². The van der Waals surface area contributed by atoms with Gasteiger partial charge in [-0.3, -0.25) is 4.79 Å². The summed E-state index contributed by atoms with van der Waals surface area (Å²) in [5.41, 5.74) is 4.63. The van der Waals surface area contributed by atoms with Crippen molar-refractivity contribution in [2.45, 2.75) is 46.2 Å². The number of morpholine rings is 1. The maximum Gasteiger partial charge on any atom is 0.282 e. The van der Waals surface area contributed by atoms with Crippen LogP contribution in [0.5, 0.6) is 0 Å². The minimum atomic E-state index is -0.179. The van der Waals surface area contributed by atoms with Gasteiger partial charge in [0, 0.05) is 35.9 Å². The molecule has 1 fully saturated rings. The van der Waals surface area contributed by atoms with Gasteiger partial charge in [0.1, 0.15) is 6.04 Å². The number of hydrogen-bond donors (Lipinski definition) is 2. The smallest absolute Gasteiger partial charge is 0.282 e. The topological polar surface area (TPSA) is 58.2 Å². The predicted octanol–water partition coefficient (Wildman–Crippen LogP) is 3.37. The summed E-state index contributed by atoms with van der Waals surface area (Å²) >= 11 is 0. The number of nitrogens with two attached hydrogens (primary N) is 1. The Hall–Kier alpha value is -2.37. The first-order valence-electron chi connectivity index (χ1n) is 11.2. The fourth-order valence-corrected chi connectivity index (χ4v) is 3.93. The minimum absolute atomic E-state index is 0.0324. The number of amides is 1. The van der Waals surface area contributed by atoms with Crippen LogP contribution in [-0.2, 0) is 16.0 Å². The molecule has 0 radical (unpaired) electrons. The van der Waals surface area contributed by atoms with E-state index in [2.05, 4.69) is 72.7 Å². The van der Waals surface area contributed by atoms with Gasteiger partial charge in [-0.2, -0.15) is 0 Å². The van der Waals surface area contributed by atoms with Crippen molar-refractivity contribution in [3.05, 3.63) is 59.7 Å². The Morgan fingerprint density at radius 2 is 1.67 bits per heavy atom. The number of hydrogen-bond acceptors (Lipinski definition) is 3. The second-order valence-electron chi connectivity index (χ2n) is 8.48. The van der Waals surface area contributed by atoms with E-state index >= 15 is 0 Å². The lowest BCUT2D eigenvalue weighted by atomic mass is 9.94. The van der Waals surface area contributed by atoms with E-state index in [1.54, 1.807) is 0 Å². The third-order valence-corrected chi connectivity index (χ3v) is 5.91. The highest BCUT2D eigenvalue weighted by atomic mass is 16.5. The number of anilines is 2. The second-order valence-corrected chi connectivity index (χ2v) is 8.48. The number of benzene rings is 2. The lowest BCUT2D eigenvalue weighted by Gasteiger charge is -2.29. The quantitative estimate of drug-likeness (QED) is 0.701. The van der Waals surface area contributed by atoms with Crippen LogP contribution >= 0.6 is 0 Å². The zero-order valence-corrected chi connectivity index (χ0v) is 18.7. The summed E-state index contributed by atoms with van der Waals surface area (Å²) in [5.74, 6) is 0.463. The predicted molar refractivity (Wildman–Crippen MR) is 123 cm³/mol. The Kier molecular flexibility index (Phi) is 7.88. The summed E-state index contributed by atoms with van der Waals surface area (Å²) in [6.07, 6.45) is 1.04. The highest BCUT2D eigenvalue weighted by molar-refractivity contribution is 5.93. The second kappa shape index (κ2) is 10.6. The Morgan fingerprint density at radius 1 is 1.03 bits per heavy atom. The van der Waals surface area contributed by atoms with E-state index in [9.17, 15) is 4.79 Å². The average Bonchev–Trinajstić information content (AvgIpc) is 2.78. The molecular weight excluding hydrogens is 374 g/mol. The van der Waals surface area contributed by atoms with Gasteiger partial charge in [0.15, 0.2) is 6.04 Å². The Balaban J connectivity index is 1.59. The lowest BCUT2D eigenvalue weighted by molar-refractivity contribution is -0.718. The molecule has 2 aromatic rings. The van der Waals surface area contributed by atoms with E-state index in [-0.39, 0.29) is 18.0 Å². The van der Waals surface area contributed by atoms with E-state index in [0.29, 0.717) is 5.92 Å². The number of carbonyl (C=O) groups is 1.